The van der Waals surface area contributed by atoms with E-state index < -0.39 is 0 Å². The first kappa shape index (κ1) is 22.6. The Morgan fingerprint density at radius 2 is 1.90 bits per heavy atom. The van der Waals surface area contributed by atoms with Crippen molar-refractivity contribution in [2.24, 2.45) is 0 Å². The van der Waals surface area contributed by atoms with Gasteiger partial charge in [-0.1, -0.05) is 55.0 Å². The Morgan fingerprint density at radius 3 is 2.67 bits per heavy atom. The van der Waals surface area contributed by atoms with E-state index in [-0.39, 0.29) is 18.3 Å². The highest BCUT2D eigenvalue weighted by Crippen LogP contribution is 2.32. The van der Waals surface area contributed by atoms with Crippen molar-refractivity contribution in [2.75, 3.05) is 31.1 Å². The quantitative estimate of drug-likeness (QED) is 0.375. The first-order valence-corrected chi connectivity index (χ1v) is 11.0. The lowest BCUT2D eigenvalue weighted by atomic mass is 10.1. The predicted molar refractivity (Wildman–Crippen MR) is 130 cm³/mol. The van der Waals surface area contributed by atoms with E-state index in [1.165, 1.54) is 11.3 Å². The summed E-state index contributed by atoms with van der Waals surface area (Å²) in [7, 11) is 0. The minimum atomic E-state index is -0.0419. The number of aromatic nitrogens is 2. The lowest BCUT2D eigenvalue weighted by molar-refractivity contribution is 0.0985. The molecule has 0 atom stereocenters. The highest BCUT2D eigenvalue weighted by Gasteiger charge is 2.24. The van der Waals surface area contributed by atoms with Crippen LogP contribution < -0.4 is 4.90 Å². The molecule has 1 N–H and O–H groups in total. The van der Waals surface area contributed by atoms with Gasteiger partial charge in [-0.2, -0.15) is 0 Å². The molecule has 5 nitrogen and oxygen atoms in total. The molecule has 2 aromatic heterocycles. The second kappa shape index (κ2) is 9.79. The van der Waals surface area contributed by atoms with E-state index in [1.807, 2.05) is 42.5 Å². The lowest BCUT2D eigenvalue weighted by Crippen LogP contribution is -2.38. The summed E-state index contributed by atoms with van der Waals surface area (Å²) >= 11 is 7.64. The number of likely N-dealkylation sites (N-methyl/N-ethyl adjacent to an activating group) is 1. The standard InChI is InChI=1S/C22H23ClN4OS.ClH/c1-3-26(4-2)11-12-27(22-25-19-10-9-15(23)13-20(19)29-22)21(28)17-14-24-18-8-6-5-7-16(17)18;/h5-10,13-14,24H,3-4,11-12H2,1-2H3;1H. The van der Waals surface area contributed by atoms with Gasteiger partial charge in [0, 0.05) is 35.2 Å². The van der Waals surface area contributed by atoms with Crippen molar-refractivity contribution in [3.63, 3.8) is 0 Å². The van der Waals surface area contributed by atoms with Crippen molar-refractivity contribution in [3.8, 4) is 0 Å². The van der Waals surface area contributed by atoms with Gasteiger partial charge < -0.3 is 9.88 Å². The Balaban J connectivity index is 0.00000256. The van der Waals surface area contributed by atoms with E-state index >= 15 is 0 Å². The van der Waals surface area contributed by atoms with Gasteiger partial charge in [0.05, 0.1) is 15.8 Å². The second-order valence-electron chi connectivity index (χ2n) is 6.84. The number of H-pyrrole nitrogens is 1. The number of rotatable bonds is 7. The van der Waals surface area contributed by atoms with Crippen LogP contribution in [-0.4, -0.2) is 47.0 Å². The van der Waals surface area contributed by atoms with Crippen LogP contribution in [0.3, 0.4) is 0 Å². The number of carbonyl (C=O) groups is 1. The number of hydrogen-bond acceptors (Lipinski definition) is 4. The molecule has 30 heavy (non-hydrogen) atoms. The Labute approximate surface area is 191 Å². The predicted octanol–water partition coefficient (Wildman–Crippen LogP) is 5.84. The molecule has 1 amide bonds. The fourth-order valence-corrected chi connectivity index (χ4v) is 4.73. The van der Waals surface area contributed by atoms with Gasteiger partial charge in [-0.3, -0.25) is 9.69 Å². The molecule has 4 aromatic rings. The number of carbonyl (C=O) groups excluding carboxylic acids is 1. The van der Waals surface area contributed by atoms with Crippen molar-refractivity contribution in [2.45, 2.75) is 13.8 Å². The van der Waals surface area contributed by atoms with E-state index in [2.05, 4.69) is 23.7 Å². The fraction of sp³-hybridized carbons (Fsp3) is 0.273. The number of amides is 1. The Morgan fingerprint density at radius 1 is 1.13 bits per heavy atom. The Kier molecular flexibility index (Phi) is 7.36. The van der Waals surface area contributed by atoms with Crippen LogP contribution in [0.15, 0.2) is 48.7 Å². The fourth-order valence-electron chi connectivity index (χ4n) is 3.46. The molecule has 8 heteroatoms. The number of aromatic amines is 1. The van der Waals surface area contributed by atoms with Gasteiger partial charge in [-0.15, -0.1) is 12.4 Å². The number of fused-ring (bicyclic) bond motifs is 2. The lowest BCUT2D eigenvalue weighted by Gasteiger charge is -2.24. The molecule has 0 saturated heterocycles. The molecule has 0 aliphatic rings. The van der Waals surface area contributed by atoms with Gasteiger partial charge in [0.25, 0.3) is 5.91 Å². The average molecular weight is 463 g/mol. The first-order chi connectivity index (χ1) is 14.1. The maximum absolute atomic E-state index is 13.6. The van der Waals surface area contributed by atoms with Crippen LogP contribution >= 0.6 is 35.3 Å². The van der Waals surface area contributed by atoms with Gasteiger partial charge >= 0.3 is 0 Å². The van der Waals surface area contributed by atoms with Crippen molar-refractivity contribution < 1.29 is 4.79 Å². The summed E-state index contributed by atoms with van der Waals surface area (Å²) < 4.78 is 0.979. The molecule has 4 rings (SSSR count). The van der Waals surface area contributed by atoms with Gasteiger partial charge in [-0.05, 0) is 37.4 Å². The van der Waals surface area contributed by atoms with Gasteiger partial charge in [0.1, 0.15) is 0 Å². The van der Waals surface area contributed by atoms with Gasteiger partial charge in [0.15, 0.2) is 5.13 Å². The van der Waals surface area contributed by atoms with Crippen LogP contribution in [0, 0.1) is 0 Å². The van der Waals surface area contributed by atoms with Crippen molar-refractivity contribution in [1.82, 2.24) is 14.9 Å². The van der Waals surface area contributed by atoms with E-state index in [4.69, 9.17) is 16.6 Å². The number of hydrogen-bond donors (Lipinski definition) is 1. The molecule has 0 unspecified atom stereocenters. The van der Waals surface area contributed by atoms with E-state index in [9.17, 15) is 4.79 Å². The summed E-state index contributed by atoms with van der Waals surface area (Å²) in [5.41, 5.74) is 2.47. The van der Waals surface area contributed by atoms with Crippen LogP contribution in [0.2, 0.25) is 5.02 Å². The summed E-state index contributed by atoms with van der Waals surface area (Å²) in [6.45, 7) is 7.53. The molecule has 0 aliphatic heterocycles. The minimum absolute atomic E-state index is 0. The third kappa shape index (κ3) is 4.47. The van der Waals surface area contributed by atoms with Crippen LogP contribution in [-0.2, 0) is 0 Å². The molecule has 2 heterocycles. The highest BCUT2D eigenvalue weighted by molar-refractivity contribution is 7.22. The third-order valence-electron chi connectivity index (χ3n) is 5.17. The largest absolute Gasteiger partial charge is 0.360 e. The second-order valence-corrected chi connectivity index (χ2v) is 8.29. The summed E-state index contributed by atoms with van der Waals surface area (Å²) in [4.78, 5) is 25.6. The summed E-state index contributed by atoms with van der Waals surface area (Å²) in [6, 6.07) is 13.5. The first-order valence-electron chi connectivity index (χ1n) is 9.77. The molecule has 0 saturated carbocycles. The molecule has 0 spiro atoms. The smallest absolute Gasteiger partial charge is 0.262 e. The van der Waals surface area contributed by atoms with Crippen LogP contribution in [0.1, 0.15) is 24.2 Å². The average Bonchev–Trinajstić information content (AvgIpc) is 3.34. The molecule has 0 radical (unpaired) electrons. The molecular weight excluding hydrogens is 439 g/mol. The SMILES string of the molecule is CCN(CC)CCN(C(=O)c1c[nH]c2ccccc12)c1nc2ccc(Cl)cc2s1.Cl. The highest BCUT2D eigenvalue weighted by atomic mass is 35.5. The summed E-state index contributed by atoms with van der Waals surface area (Å²) in [5, 5.41) is 2.30. The van der Waals surface area contributed by atoms with Crippen LogP contribution in [0.4, 0.5) is 5.13 Å². The number of anilines is 1. The molecule has 158 valence electrons. The number of para-hydroxylation sites is 1. The number of nitrogens with zero attached hydrogens (tertiary/aromatic N) is 3. The Hall–Kier alpha value is -2.12. The maximum Gasteiger partial charge on any atom is 0.262 e. The van der Waals surface area contributed by atoms with Crippen LogP contribution in [0.25, 0.3) is 21.1 Å². The minimum Gasteiger partial charge on any atom is -0.360 e. The van der Waals surface area contributed by atoms with Crippen molar-refractivity contribution in [1.29, 1.82) is 0 Å². The number of benzene rings is 2. The Bertz CT molecular complexity index is 1150. The number of halogens is 2. The zero-order chi connectivity index (χ0) is 20.4. The van der Waals surface area contributed by atoms with E-state index in [1.54, 1.807) is 11.1 Å². The van der Waals surface area contributed by atoms with Gasteiger partial charge in [0.2, 0.25) is 0 Å². The normalized spacial score (nSPS) is 11.2. The van der Waals surface area contributed by atoms with Crippen molar-refractivity contribution in [3.05, 3.63) is 59.2 Å². The number of thiazole rings is 1. The summed E-state index contributed by atoms with van der Waals surface area (Å²) in [6.07, 6.45) is 1.79. The molecular formula is C22H24Cl2N4OS. The van der Waals surface area contributed by atoms with Crippen molar-refractivity contribution >= 4 is 67.5 Å². The molecule has 2 aromatic carbocycles. The zero-order valence-corrected chi connectivity index (χ0v) is 19.3. The third-order valence-corrected chi connectivity index (χ3v) is 6.45. The zero-order valence-electron chi connectivity index (χ0n) is 16.9. The van der Waals surface area contributed by atoms with E-state index in [0.717, 1.165) is 40.8 Å². The maximum atomic E-state index is 13.6. The van der Waals surface area contributed by atoms with Gasteiger partial charge in [-0.25, -0.2) is 4.98 Å². The molecule has 0 aliphatic carbocycles. The topological polar surface area (TPSA) is 52.2 Å². The van der Waals surface area contributed by atoms with E-state index in [0.29, 0.717) is 22.3 Å². The van der Waals surface area contributed by atoms with Crippen LogP contribution in [0.5, 0.6) is 0 Å². The number of nitrogens with one attached hydrogen (secondary N) is 1. The monoisotopic (exact) mass is 462 g/mol. The molecule has 0 fully saturated rings. The molecule has 0 bridgehead atoms. The summed E-state index contributed by atoms with van der Waals surface area (Å²) in [5.74, 6) is -0.0419.